The minimum atomic E-state index is -4.22. The summed E-state index contributed by atoms with van der Waals surface area (Å²) in [6.45, 7) is 3.41. The molecule has 2 heterocycles. The zero-order valence-electron chi connectivity index (χ0n) is 21.0. The van der Waals surface area contributed by atoms with Gasteiger partial charge in [-0.3, -0.25) is 14.3 Å². The average molecular weight is 547 g/mol. The number of benzene rings is 2. The van der Waals surface area contributed by atoms with Gasteiger partial charge >= 0.3 is 5.97 Å². The second-order valence-corrected chi connectivity index (χ2v) is 10.5. The Balaban J connectivity index is 1.50. The highest BCUT2D eigenvalue weighted by atomic mass is 32.2. The average Bonchev–Trinajstić information content (AvgIpc) is 3.12. The van der Waals surface area contributed by atoms with Crippen LogP contribution in [-0.2, 0) is 31.3 Å². The number of halogens is 1. The summed E-state index contributed by atoms with van der Waals surface area (Å²) in [5.74, 6) is -2.82. The summed E-state index contributed by atoms with van der Waals surface area (Å²) in [7, 11) is -2.55. The maximum atomic E-state index is 14.5. The molecule has 1 atom stereocenters. The van der Waals surface area contributed by atoms with Crippen LogP contribution in [0.4, 0.5) is 10.1 Å². The SMILES string of the molecule is Cc1c(NC(=O)C(C)OC(=O)c2ccc(F)c(S(=O)(=O)N3CCOCC3)c2)c(=O)n(-c2ccccc2)n1C. The van der Waals surface area contributed by atoms with Crippen molar-refractivity contribution in [1.29, 1.82) is 0 Å². The van der Waals surface area contributed by atoms with Crippen LogP contribution >= 0.6 is 0 Å². The predicted octanol–water partition coefficient (Wildman–Crippen LogP) is 1.83. The Morgan fingerprint density at radius 1 is 1.11 bits per heavy atom. The predicted molar refractivity (Wildman–Crippen MR) is 135 cm³/mol. The molecule has 1 saturated heterocycles. The molecule has 2 aromatic carbocycles. The number of carbonyl (C=O) groups excluding carboxylic acids is 2. The number of nitrogens with one attached hydrogen (secondary N) is 1. The van der Waals surface area contributed by atoms with Crippen molar-refractivity contribution in [2.75, 3.05) is 31.6 Å². The third-order valence-electron chi connectivity index (χ3n) is 6.21. The molecule has 1 aliphatic rings. The van der Waals surface area contributed by atoms with E-state index in [1.165, 1.54) is 11.6 Å². The normalized spacial score (nSPS) is 15.2. The maximum Gasteiger partial charge on any atom is 0.338 e. The lowest BCUT2D eigenvalue weighted by atomic mass is 10.2. The van der Waals surface area contributed by atoms with Gasteiger partial charge in [-0.1, -0.05) is 18.2 Å². The third kappa shape index (κ3) is 5.26. The number of sulfonamides is 1. The van der Waals surface area contributed by atoms with Crippen molar-refractivity contribution in [3.63, 3.8) is 0 Å². The summed E-state index contributed by atoms with van der Waals surface area (Å²) in [5.41, 5.74) is 0.370. The van der Waals surface area contributed by atoms with Crippen LogP contribution in [0.25, 0.3) is 5.69 Å². The molecule has 0 saturated carbocycles. The number of hydrogen-bond donors (Lipinski definition) is 1. The second-order valence-electron chi connectivity index (χ2n) is 8.63. The van der Waals surface area contributed by atoms with Crippen LogP contribution in [0.3, 0.4) is 0 Å². The number of amides is 1. The maximum absolute atomic E-state index is 14.5. The monoisotopic (exact) mass is 546 g/mol. The smallest absolute Gasteiger partial charge is 0.338 e. The zero-order valence-corrected chi connectivity index (χ0v) is 21.8. The molecule has 11 nitrogen and oxygen atoms in total. The summed E-state index contributed by atoms with van der Waals surface area (Å²) in [4.78, 5) is 37.9. The number of esters is 1. The van der Waals surface area contributed by atoms with Gasteiger partial charge in [-0.15, -0.1) is 0 Å². The summed E-state index contributed by atoms with van der Waals surface area (Å²) in [5, 5.41) is 2.51. The van der Waals surface area contributed by atoms with Gasteiger partial charge in [-0.2, -0.15) is 4.31 Å². The molecule has 1 aliphatic heterocycles. The molecule has 202 valence electrons. The van der Waals surface area contributed by atoms with Crippen LogP contribution in [0.2, 0.25) is 0 Å². The number of nitrogens with zero attached hydrogens (tertiary/aromatic N) is 3. The van der Waals surface area contributed by atoms with Crippen LogP contribution in [0.15, 0.2) is 58.2 Å². The first-order valence-electron chi connectivity index (χ1n) is 11.8. The fourth-order valence-corrected chi connectivity index (χ4v) is 5.47. The van der Waals surface area contributed by atoms with Gasteiger partial charge in [-0.05, 0) is 44.2 Å². The molecule has 1 aromatic heterocycles. The molecule has 1 unspecified atom stereocenters. The topological polar surface area (TPSA) is 129 Å². The van der Waals surface area contributed by atoms with Crippen molar-refractivity contribution >= 4 is 27.6 Å². The van der Waals surface area contributed by atoms with E-state index >= 15 is 0 Å². The van der Waals surface area contributed by atoms with E-state index in [1.807, 2.05) is 6.07 Å². The van der Waals surface area contributed by atoms with E-state index in [9.17, 15) is 27.2 Å². The summed E-state index contributed by atoms with van der Waals surface area (Å²) in [6, 6.07) is 11.7. The number of morpholine rings is 1. The Labute approximate surface area is 218 Å². The second kappa shape index (κ2) is 10.9. The first-order valence-corrected chi connectivity index (χ1v) is 13.2. The largest absolute Gasteiger partial charge is 0.449 e. The summed E-state index contributed by atoms with van der Waals surface area (Å²) in [6.07, 6.45) is -1.35. The number of para-hydroxylation sites is 1. The van der Waals surface area contributed by atoms with Crippen molar-refractivity contribution in [3.8, 4) is 5.69 Å². The van der Waals surface area contributed by atoms with Crippen molar-refractivity contribution in [1.82, 2.24) is 13.7 Å². The fraction of sp³-hybridized carbons (Fsp3) is 0.320. The van der Waals surface area contributed by atoms with Crippen LogP contribution in [0.1, 0.15) is 23.0 Å². The number of ether oxygens (including phenoxy) is 2. The highest BCUT2D eigenvalue weighted by Gasteiger charge is 2.31. The number of rotatable bonds is 7. The zero-order chi connectivity index (χ0) is 27.6. The van der Waals surface area contributed by atoms with Gasteiger partial charge in [0.1, 0.15) is 16.4 Å². The number of hydrogen-bond acceptors (Lipinski definition) is 7. The van der Waals surface area contributed by atoms with Crippen molar-refractivity contribution < 1.29 is 31.9 Å². The molecule has 3 aromatic rings. The minimum absolute atomic E-state index is 0.0184. The van der Waals surface area contributed by atoms with Gasteiger partial charge in [-0.25, -0.2) is 22.3 Å². The highest BCUT2D eigenvalue weighted by molar-refractivity contribution is 7.89. The van der Waals surface area contributed by atoms with Crippen LogP contribution in [0.5, 0.6) is 0 Å². The number of carbonyl (C=O) groups is 2. The van der Waals surface area contributed by atoms with E-state index in [0.29, 0.717) is 11.4 Å². The fourth-order valence-electron chi connectivity index (χ4n) is 3.97. The first kappa shape index (κ1) is 27.2. The molecule has 0 spiro atoms. The van der Waals surface area contributed by atoms with Gasteiger partial charge in [0.15, 0.2) is 6.10 Å². The molecule has 0 aliphatic carbocycles. The molecule has 4 rings (SSSR count). The molecule has 13 heteroatoms. The van der Waals surface area contributed by atoms with Gasteiger partial charge in [0, 0.05) is 20.1 Å². The van der Waals surface area contributed by atoms with E-state index < -0.39 is 44.3 Å². The molecular weight excluding hydrogens is 519 g/mol. The van der Waals surface area contributed by atoms with Gasteiger partial charge in [0.2, 0.25) is 10.0 Å². The van der Waals surface area contributed by atoms with Crippen LogP contribution < -0.4 is 10.9 Å². The molecule has 0 radical (unpaired) electrons. The van der Waals surface area contributed by atoms with Crippen LogP contribution in [0, 0.1) is 12.7 Å². The lowest BCUT2D eigenvalue weighted by Crippen LogP contribution is -2.41. The first-order chi connectivity index (χ1) is 18.0. The Morgan fingerprint density at radius 2 is 1.76 bits per heavy atom. The van der Waals surface area contributed by atoms with Gasteiger partial charge < -0.3 is 14.8 Å². The molecule has 1 amide bonds. The van der Waals surface area contributed by atoms with E-state index in [2.05, 4.69) is 5.32 Å². The Bertz CT molecular complexity index is 1530. The summed E-state index contributed by atoms with van der Waals surface area (Å²) < 4.78 is 54.6. The van der Waals surface area contributed by atoms with Crippen molar-refractivity contribution in [3.05, 3.63) is 76.0 Å². The van der Waals surface area contributed by atoms with E-state index in [-0.39, 0.29) is 37.6 Å². The number of aromatic nitrogens is 2. The quantitative estimate of drug-likeness (QED) is 0.448. The van der Waals surface area contributed by atoms with Crippen molar-refractivity contribution in [2.45, 2.75) is 24.8 Å². The minimum Gasteiger partial charge on any atom is -0.449 e. The third-order valence-corrected chi connectivity index (χ3v) is 8.12. The Hall–Kier alpha value is -3.81. The molecule has 1 N–H and O–H groups in total. The highest BCUT2D eigenvalue weighted by Crippen LogP contribution is 2.23. The van der Waals surface area contributed by atoms with Gasteiger partial charge in [0.25, 0.3) is 11.5 Å². The van der Waals surface area contributed by atoms with Gasteiger partial charge in [0.05, 0.1) is 30.2 Å². The Kier molecular flexibility index (Phi) is 7.81. The van der Waals surface area contributed by atoms with E-state index in [0.717, 1.165) is 22.5 Å². The standard InChI is InChI=1S/C25H27FN4O7S/c1-16-22(24(32)30(28(16)3)19-7-5-4-6-8-19)27-23(31)17(2)37-25(33)18-9-10-20(26)21(15-18)38(34,35)29-11-13-36-14-12-29/h4-10,15,17H,11-14H2,1-3H3,(H,27,31). The summed E-state index contributed by atoms with van der Waals surface area (Å²) >= 11 is 0. The molecule has 38 heavy (non-hydrogen) atoms. The van der Waals surface area contributed by atoms with Crippen molar-refractivity contribution in [2.24, 2.45) is 7.05 Å². The molecule has 1 fully saturated rings. The lowest BCUT2D eigenvalue weighted by molar-refractivity contribution is -0.123. The Morgan fingerprint density at radius 3 is 2.42 bits per heavy atom. The van der Waals surface area contributed by atoms with E-state index in [1.54, 1.807) is 42.9 Å². The lowest BCUT2D eigenvalue weighted by Gasteiger charge is -2.26. The van der Waals surface area contributed by atoms with E-state index in [4.69, 9.17) is 9.47 Å². The molecule has 0 bridgehead atoms. The molecular formula is C25H27FN4O7S. The number of anilines is 1. The van der Waals surface area contributed by atoms with Crippen LogP contribution in [-0.4, -0.2) is 66.4 Å².